The number of halogens is 3. The van der Waals surface area contributed by atoms with E-state index >= 15 is 0 Å². The Hall–Kier alpha value is -2.05. The van der Waals surface area contributed by atoms with Crippen LogP contribution in [-0.2, 0) is 15.7 Å². The van der Waals surface area contributed by atoms with E-state index in [-0.39, 0.29) is 11.4 Å². The molecule has 0 radical (unpaired) electrons. The van der Waals surface area contributed by atoms with Crippen molar-refractivity contribution in [3.05, 3.63) is 23.8 Å². The molecule has 2 aliphatic rings. The molecule has 180 valence electrons. The fraction of sp³-hybridized carbons (Fsp3) is 0.571. The standard InChI is InChI=1S/C21H26F3N5O2S2/c22-21(23,24)14-6-7-17(29-8-10-31-11-9-29)16(12-14)26-18(30)13-32-20-28-27-19(33-20)25-15-4-2-1-3-5-15/h6-7,12,15H,1-5,8-11,13H2,(H,25,27)(H,26,30). The molecule has 2 N–H and O–H groups in total. The minimum absolute atomic E-state index is 0.0247. The van der Waals surface area contributed by atoms with E-state index in [0.717, 1.165) is 30.1 Å². The van der Waals surface area contributed by atoms with Crippen LogP contribution in [0.3, 0.4) is 0 Å². The molecule has 33 heavy (non-hydrogen) atoms. The minimum atomic E-state index is -4.49. The molecule has 0 bridgehead atoms. The molecular formula is C21H26F3N5O2S2. The van der Waals surface area contributed by atoms with E-state index in [1.165, 1.54) is 48.4 Å². The minimum Gasteiger partial charge on any atom is -0.378 e. The van der Waals surface area contributed by atoms with Gasteiger partial charge in [0.1, 0.15) is 0 Å². The first kappa shape index (κ1) is 24.1. The fourth-order valence-corrected chi connectivity index (χ4v) is 5.58. The molecule has 1 saturated carbocycles. The second kappa shape index (κ2) is 10.9. The second-order valence-electron chi connectivity index (χ2n) is 8.02. The average molecular weight is 502 g/mol. The topological polar surface area (TPSA) is 79.4 Å². The van der Waals surface area contributed by atoms with Gasteiger partial charge in [-0.15, -0.1) is 10.2 Å². The van der Waals surface area contributed by atoms with Gasteiger partial charge in [-0.25, -0.2) is 0 Å². The van der Waals surface area contributed by atoms with Gasteiger partial charge in [0.25, 0.3) is 0 Å². The summed E-state index contributed by atoms with van der Waals surface area (Å²) in [5.41, 5.74) is -0.0983. The zero-order valence-corrected chi connectivity index (χ0v) is 19.6. The van der Waals surface area contributed by atoms with Crippen molar-refractivity contribution in [2.75, 3.05) is 47.6 Å². The summed E-state index contributed by atoms with van der Waals surface area (Å²) in [6.45, 7) is 2.06. The van der Waals surface area contributed by atoms with Crippen molar-refractivity contribution < 1.29 is 22.7 Å². The maximum absolute atomic E-state index is 13.2. The van der Waals surface area contributed by atoms with Crippen molar-refractivity contribution >= 4 is 45.5 Å². The Morgan fingerprint density at radius 1 is 1.18 bits per heavy atom. The van der Waals surface area contributed by atoms with E-state index in [4.69, 9.17) is 4.74 Å². The molecular weight excluding hydrogens is 475 g/mol. The van der Waals surface area contributed by atoms with Crippen LogP contribution in [0.1, 0.15) is 37.7 Å². The molecule has 1 saturated heterocycles. The zero-order valence-electron chi connectivity index (χ0n) is 18.0. The third kappa shape index (κ3) is 6.73. The lowest BCUT2D eigenvalue weighted by molar-refractivity contribution is -0.137. The predicted molar refractivity (Wildman–Crippen MR) is 124 cm³/mol. The lowest BCUT2D eigenvalue weighted by Crippen LogP contribution is -2.37. The van der Waals surface area contributed by atoms with Crippen LogP contribution in [-0.4, -0.2) is 54.2 Å². The summed E-state index contributed by atoms with van der Waals surface area (Å²) >= 11 is 2.60. The first-order chi connectivity index (χ1) is 15.9. The van der Waals surface area contributed by atoms with Crippen molar-refractivity contribution in [3.63, 3.8) is 0 Å². The molecule has 2 fully saturated rings. The molecule has 0 spiro atoms. The molecule has 12 heteroatoms. The van der Waals surface area contributed by atoms with Crippen LogP contribution in [0.25, 0.3) is 0 Å². The maximum Gasteiger partial charge on any atom is 0.416 e. The maximum atomic E-state index is 13.2. The molecule has 2 heterocycles. The van der Waals surface area contributed by atoms with Gasteiger partial charge in [-0.05, 0) is 31.0 Å². The zero-order chi connectivity index (χ0) is 23.3. The van der Waals surface area contributed by atoms with Crippen LogP contribution in [0.15, 0.2) is 22.5 Å². The van der Waals surface area contributed by atoms with Crippen LogP contribution in [0.5, 0.6) is 0 Å². The van der Waals surface area contributed by atoms with E-state index in [2.05, 4.69) is 20.8 Å². The third-order valence-electron chi connectivity index (χ3n) is 5.62. The number of ether oxygens (including phenoxy) is 1. The molecule has 1 aromatic carbocycles. The smallest absolute Gasteiger partial charge is 0.378 e. The number of nitrogens with zero attached hydrogens (tertiary/aromatic N) is 3. The van der Waals surface area contributed by atoms with Gasteiger partial charge in [-0.2, -0.15) is 13.2 Å². The predicted octanol–water partition coefficient (Wildman–Crippen LogP) is 4.87. The van der Waals surface area contributed by atoms with Gasteiger partial charge in [-0.3, -0.25) is 4.79 Å². The van der Waals surface area contributed by atoms with E-state index < -0.39 is 17.6 Å². The summed E-state index contributed by atoms with van der Waals surface area (Å²) in [7, 11) is 0. The summed E-state index contributed by atoms with van der Waals surface area (Å²) < 4.78 is 45.7. The largest absolute Gasteiger partial charge is 0.416 e. The first-order valence-corrected chi connectivity index (χ1v) is 12.8. The molecule has 1 amide bonds. The Labute approximate surface area is 198 Å². The Morgan fingerprint density at radius 2 is 1.94 bits per heavy atom. The van der Waals surface area contributed by atoms with Crippen LogP contribution in [0, 0.1) is 0 Å². The van der Waals surface area contributed by atoms with Crippen LogP contribution < -0.4 is 15.5 Å². The number of rotatable bonds is 7. The van der Waals surface area contributed by atoms with E-state index in [1.807, 2.05) is 4.90 Å². The van der Waals surface area contributed by atoms with E-state index in [1.54, 1.807) is 0 Å². The molecule has 1 aromatic heterocycles. The van der Waals surface area contributed by atoms with Gasteiger partial charge in [0.05, 0.1) is 35.9 Å². The molecule has 7 nitrogen and oxygen atoms in total. The quantitative estimate of drug-likeness (QED) is 0.524. The second-order valence-corrected chi connectivity index (χ2v) is 10.2. The van der Waals surface area contributed by atoms with Crippen molar-refractivity contribution in [1.29, 1.82) is 0 Å². The summed E-state index contributed by atoms with van der Waals surface area (Å²) in [6.07, 6.45) is 1.43. The Bertz CT molecular complexity index is 944. The number of morpholine rings is 1. The highest BCUT2D eigenvalue weighted by molar-refractivity contribution is 8.01. The van der Waals surface area contributed by atoms with Crippen molar-refractivity contribution in [2.24, 2.45) is 0 Å². The fourth-order valence-electron chi connectivity index (χ4n) is 3.95. The highest BCUT2D eigenvalue weighted by atomic mass is 32.2. The Balaban J connectivity index is 1.38. The van der Waals surface area contributed by atoms with Gasteiger partial charge in [0.15, 0.2) is 4.34 Å². The third-order valence-corrected chi connectivity index (χ3v) is 7.60. The van der Waals surface area contributed by atoms with Crippen LogP contribution in [0.4, 0.5) is 29.7 Å². The van der Waals surface area contributed by atoms with Gasteiger partial charge in [0.2, 0.25) is 11.0 Å². The number of thioether (sulfide) groups is 1. The number of benzene rings is 1. The monoisotopic (exact) mass is 501 g/mol. The molecule has 1 aliphatic heterocycles. The number of aromatic nitrogens is 2. The van der Waals surface area contributed by atoms with Gasteiger partial charge in [-0.1, -0.05) is 42.4 Å². The summed E-state index contributed by atoms with van der Waals surface area (Å²) in [4.78, 5) is 14.5. The molecule has 4 rings (SSSR count). The normalized spacial score (nSPS) is 17.7. The number of carbonyl (C=O) groups excluding carboxylic acids is 1. The first-order valence-electron chi connectivity index (χ1n) is 10.9. The summed E-state index contributed by atoms with van der Waals surface area (Å²) in [5, 5.41) is 15.1. The van der Waals surface area contributed by atoms with E-state index in [0.29, 0.717) is 42.4 Å². The van der Waals surface area contributed by atoms with E-state index in [9.17, 15) is 18.0 Å². The number of anilines is 3. The molecule has 1 aliphatic carbocycles. The lowest BCUT2D eigenvalue weighted by Gasteiger charge is -2.31. The number of hydrogen-bond donors (Lipinski definition) is 2. The summed E-state index contributed by atoms with van der Waals surface area (Å²) in [6, 6.07) is 3.85. The van der Waals surface area contributed by atoms with Crippen molar-refractivity contribution in [1.82, 2.24) is 10.2 Å². The average Bonchev–Trinajstić information content (AvgIpc) is 3.25. The molecule has 2 aromatic rings. The lowest BCUT2D eigenvalue weighted by atomic mass is 9.96. The SMILES string of the molecule is O=C(CSc1nnc(NC2CCCCC2)s1)Nc1cc(C(F)(F)F)ccc1N1CCOCC1. The van der Waals surface area contributed by atoms with Gasteiger partial charge < -0.3 is 20.3 Å². The van der Waals surface area contributed by atoms with Gasteiger partial charge in [0, 0.05) is 19.1 Å². The number of hydrogen-bond acceptors (Lipinski definition) is 8. The number of alkyl halides is 3. The number of carbonyl (C=O) groups is 1. The Morgan fingerprint density at radius 3 is 2.67 bits per heavy atom. The van der Waals surface area contributed by atoms with Crippen molar-refractivity contribution in [2.45, 2.75) is 48.7 Å². The highest BCUT2D eigenvalue weighted by Crippen LogP contribution is 2.36. The van der Waals surface area contributed by atoms with Gasteiger partial charge >= 0.3 is 6.18 Å². The van der Waals surface area contributed by atoms with Crippen LogP contribution in [0.2, 0.25) is 0 Å². The summed E-state index contributed by atoms with van der Waals surface area (Å²) in [5.74, 6) is -0.373. The van der Waals surface area contributed by atoms with Crippen LogP contribution >= 0.6 is 23.1 Å². The Kier molecular flexibility index (Phi) is 7.97. The highest BCUT2D eigenvalue weighted by Gasteiger charge is 2.32. The molecule has 0 unspecified atom stereocenters. The number of nitrogens with one attached hydrogen (secondary N) is 2. The number of amides is 1. The van der Waals surface area contributed by atoms with Crippen molar-refractivity contribution in [3.8, 4) is 0 Å². The molecule has 0 atom stereocenters.